The second-order valence-corrected chi connectivity index (χ2v) is 3.03. The van der Waals surface area contributed by atoms with E-state index in [2.05, 4.69) is 0 Å². The third-order valence-corrected chi connectivity index (χ3v) is 1.86. The van der Waals surface area contributed by atoms with Crippen LogP contribution >= 0.6 is 0 Å². The van der Waals surface area contributed by atoms with Crippen LogP contribution in [0.15, 0.2) is 24.3 Å². The lowest BCUT2D eigenvalue weighted by Gasteiger charge is -2.14. The van der Waals surface area contributed by atoms with Gasteiger partial charge in [0.05, 0.1) is 0 Å². The van der Waals surface area contributed by atoms with E-state index in [-0.39, 0.29) is 0 Å². The number of carbonyl (C=O) groups is 1. The van der Waals surface area contributed by atoms with Gasteiger partial charge in [0.2, 0.25) is 0 Å². The number of carboxylic acid groups (broad SMARTS) is 1. The Bertz CT molecular complexity index is 350. The number of hydrogen-bond acceptors (Lipinski definition) is 4. The highest BCUT2D eigenvalue weighted by atomic mass is 16.6. The van der Waals surface area contributed by atoms with Crippen molar-refractivity contribution in [3.8, 4) is 5.75 Å². The third-order valence-electron chi connectivity index (χ3n) is 1.86. The molecule has 1 atom stereocenters. The summed E-state index contributed by atoms with van der Waals surface area (Å²) >= 11 is 0. The van der Waals surface area contributed by atoms with E-state index in [0.717, 1.165) is 0 Å². The van der Waals surface area contributed by atoms with Crippen LogP contribution in [0.4, 0.5) is 0 Å². The largest absolute Gasteiger partial charge is 0.481 e. The van der Waals surface area contributed by atoms with Gasteiger partial charge in [-0.25, -0.2) is 4.79 Å². The number of aliphatic hydroxyl groups excluding tert-OH is 1. The van der Waals surface area contributed by atoms with Crippen LogP contribution in [0.5, 0.6) is 5.75 Å². The smallest absolute Gasteiger partial charge is 0.341 e. The van der Waals surface area contributed by atoms with Gasteiger partial charge in [-0.05, 0) is 13.0 Å². The van der Waals surface area contributed by atoms with Crippen molar-refractivity contribution in [1.29, 1.82) is 0 Å². The number of aliphatic carboxylic acids is 1. The van der Waals surface area contributed by atoms with Crippen LogP contribution in [-0.4, -0.2) is 29.4 Å². The molecule has 0 saturated carbocycles. The predicted octanol–water partition coefficient (Wildman–Crippen LogP) is 1.18. The molecule has 0 aliphatic heterocycles. The van der Waals surface area contributed by atoms with Gasteiger partial charge in [-0.1, -0.05) is 18.2 Å². The maximum absolute atomic E-state index is 10.4. The highest BCUT2D eigenvalue weighted by Gasteiger charge is 2.13. The lowest BCUT2D eigenvalue weighted by atomic mass is 10.2. The fourth-order valence-corrected chi connectivity index (χ4v) is 1.20. The van der Waals surface area contributed by atoms with Gasteiger partial charge < -0.3 is 19.7 Å². The highest BCUT2D eigenvalue weighted by molar-refractivity contribution is 5.68. The Labute approximate surface area is 93.2 Å². The zero-order valence-corrected chi connectivity index (χ0v) is 8.92. The average Bonchev–Trinajstić information content (AvgIpc) is 2.27. The van der Waals surface area contributed by atoms with Crippen molar-refractivity contribution < 1.29 is 24.5 Å². The second-order valence-electron chi connectivity index (χ2n) is 3.03. The molecule has 0 heterocycles. The van der Waals surface area contributed by atoms with Crippen molar-refractivity contribution in [2.45, 2.75) is 13.2 Å². The second kappa shape index (κ2) is 6.09. The number of benzene rings is 1. The monoisotopic (exact) mass is 226 g/mol. The highest BCUT2D eigenvalue weighted by Crippen LogP contribution is 2.25. The molecule has 2 N–H and O–H groups in total. The Kier molecular flexibility index (Phi) is 4.75. The van der Waals surface area contributed by atoms with Crippen LogP contribution in [0.3, 0.4) is 0 Å². The van der Waals surface area contributed by atoms with Gasteiger partial charge in [-0.15, -0.1) is 0 Å². The first-order valence-corrected chi connectivity index (χ1v) is 4.88. The van der Waals surface area contributed by atoms with Gasteiger partial charge in [0, 0.05) is 12.2 Å². The van der Waals surface area contributed by atoms with Crippen LogP contribution < -0.4 is 4.74 Å². The van der Waals surface area contributed by atoms with Gasteiger partial charge in [0.15, 0.2) is 12.9 Å². The van der Waals surface area contributed by atoms with Crippen LogP contribution in [-0.2, 0) is 9.53 Å². The molecule has 1 aromatic rings. The molecule has 0 aliphatic carbocycles. The molecule has 0 radical (unpaired) electrons. The lowest BCUT2D eigenvalue weighted by molar-refractivity contribution is -0.139. The SMILES string of the molecule is CCOC(O)c1ccccc1OCC(=O)O. The molecule has 88 valence electrons. The quantitative estimate of drug-likeness (QED) is 0.712. The molecule has 0 amide bonds. The Morgan fingerprint density at radius 2 is 2.12 bits per heavy atom. The molecule has 0 aliphatic rings. The summed E-state index contributed by atoms with van der Waals surface area (Å²) in [5.41, 5.74) is 0.422. The van der Waals surface area contributed by atoms with Crippen LogP contribution in [0.1, 0.15) is 18.8 Å². The maximum atomic E-state index is 10.4. The minimum Gasteiger partial charge on any atom is -0.481 e. The molecule has 0 bridgehead atoms. The van der Waals surface area contributed by atoms with Gasteiger partial charge in [0.25, 0.3) is 0 Å². The first-order valence-electron chi connectivity index (χ1n) is 4.88. The summed E-state index contributed by atoms with van der Waals surface area (Å²) in [4.78, 5) is 10.4. The third kappa shape index (κ3) is 3.52. The fraction of sp³-hybridized carbons (Fsp3) is 0.364. The number of ether oxygens (including phenoxy) is 2. The first-order chi connectivity index (χ1) is 7.65. The molecule has 5 nitrogen and oxygen atoms in total. The molecule has 1 aromatic carbocycles. The van der Waals surface area contributed by atoms with E-state index in [9.17, 15) is 9.90 Å². The predicted molar refractivity (Wildman–Crippen MR) is 56.2 cm³/mol. The normalized spacial score (nSPS) is 12.1. The van der Waals surface area contributed by atoms with Gasteiger partial charge >= 0.3 is 5.97 Å². The van der Waals surface area contributed by atoms with Crippen molar-refractivity contribution in [1.82, 2.24) is 0 Å². The van der Waals surface area contributed by atoms with Gasteiger partial charge in [0.1, 0.15) is 5.75 Å². The van der Waals surface area contributed by atoms with E-state index >= 15 is 0 Å². The van der Waals surface area contributed by atoms with E-state index in [1.54, 1.807) is 31.2 Å². The molecule has 1 rings (SSSR count). The molecular weight excluding hydrogens is 212 g/mol. The van der Waals surface area contributed by atoms with Crippen molar-refractivity contribution in [2.24, 2.45) is 0 Å². The summed E-state index contributed by atoms with van der Waals surface area (Å²) in [5.74, 6) is -0.758. The van der Waals surface area contributed by atoms with Crippen molar-refractivity contribution in [2.75, 3.05) is 13.2 Å². The number of carboxylic acids is 1. The molecule has 0 spiro atoms. The summed E-state index contributed by atoms with van der Waals surface area (Å²) in [5, 5.41) is 18.1. The zero-order chi connectivity index (χ0) is 12.0. The Hall–Kier alpha value is -1.59. The number of para-hydroxylation sites is 1. The van der Waals surface area contributed by atoms with E-state index in [1.807, 2.05) is 0 Å². The Balaban J connectivity index is 2.78. The van der Waals surface area contributed by atoms with E-state index in [1.165, 1.54) is 0 Å². The maximum Gasteiger partial charge on any atom is 0.341 e. The summed E-state index contributed by atoms with van der Waals surface area (Å²) in [6, 6.07) is 6.61. The van der Waals surface area contributed by atoms with Crippen LogP contribution in [0.2, 0.25) is 0 Å². The van der Waals surface area contributed by atoms with E-state index in [4.69, 9.17) is 14.6 Å². The standard InChI is InChI=1S/C11H14O5/c1-2-15-11(14)8-5-3-4-6-9(8)16-7-10(12)13/h3-6,11,14H,2,7H2,1H3,(H,12,13). The summed E-state index contributed by atoms with van der Waals surface area (Å²) in [7, 11) is 0. The minimum atomic E-state index is -1.10. The van der Waals surface area contributed by atoms with E-state index < -0.39 is 18.9 Å². The lowest BCUT2D eigenvalue weighted by Crippen LogP contribution is -2.12. The summed E-state index contributed by atoms with van der Waals surface area (Å²) in [6.07, 6.45) is -1.10. The molecule has 0 aromatic heterocycles. The number of hydrogen-bond donors (Lipinski definition) is 2. The average molecular weight is 226 g/mol. The molecule has 16 heavy (non-hydrogen) atoms. The first kappa shape index (κ1) is 12.5. The van der Waals surface area contributed by atoms with Crippen molar-refractivity contribution in [3.63, 3.8) is 0 Å². The minimum absolute atomic E-state index is 0.311. The molecule has 0 fully saturated rings. The number of aliphatic hydroxyl groups is 1. The molecular formula is C11H14O5. The summed E-state index contributed by atoms with van der Waals surface area (Å²) < 4.78 is 10.0. The summed E-state index contributed by atoms with van der Waals surface area (Å²) in [6.45, 7) is 1.66. The van der Waals surface area contributed by atoms with Crippen molar-refractivity contribution >= 4 is 5.97 Å². The Morgan fingerprint density at radius 3 is 2.75 bits per heavy atom. The van der Waals surface area contributed by atoms with E-state index in [0.29, 0.717) is 17.9 Å². The Morgan fingerprint density at radius 1 is 1.44 bits per heavy atom. The van der Waals surface area contributed by atoms with Crippen LogP contribution in [0, 0.1) is 0 Å². The fourth-order valence-electron chi connectivity index (χ4n) is 1.20. The number of rotatable bonds is 6. The molecule has 5 heteroatoms. The topological polar surface area (TPSA) is 76.0 Å². The zero-order valence-electron chi connectivity index (χ0n) is 8.92. The van der Waals surface area contributed by atoms with Crippen molar-refractivity contribution in [3.05, 3.63) is 29.8 Å². The molecule has 1 unspecified atom stereocenters. The van der Waals surface area contributed by atoms with Crippen LogP contribution in [0.25, 0.3) is 0 Å². The van der Waals surface area contributed by atoms with Gasteiger partial charge in [-0.2, -0.15) is 0 Å². The van der Waals surface area contributed by atoms with Gasteiger partial charge in [-0.3, -0.25) is 0 Å². The molecule has 0 saturated heterocycles.